The molecule has 1 N–H and O–H groups in total. The molecule has 0 amide bonds. The number of piperidine rings is 1. The van der Waals surface area contributed by atoms with Crippen LogP contribution >= 0.6 is 11.3 Å². The average Bonchev–Trinajstić information content (AvgIpc) is 3.14. The Kier molecular flexibility index (Phi) is 3.71. The summed E-state index contributed by atoms with van der Waals surface area (Å²) >= 11 is 1.81. The van der Waals surface area contributed by atoms with Crippen LogP contribution in [0.1, 0.15) is 42.5 Å². The van der Waals surface area contributed by atoms with Gasteiger partial charge in [-0.3, -0.25) is 4.79 Å². The molecule has 5 nitrogen and oxygen atoms in total. The van der Waals surface area contributed by atoms with Crippen LogP contribution < -0.4 is 4.90 Å². The van der Waals surface area contributed by atoms with E-state index in [9.17, 15) is 9.90 Å². The van der Waals surface area contributed by atoms with Crippen LogP contribution in [0, 0.1) is 5.92 Å². The molecule has 4 rings (SSSR count). The first-order valence-corrected chi connectivity index (χ1v) is 9.28. The second kappa shape index (κ2) is 5.74. The topological polar surface area (TPSA) is 66.3 Å². The summed E-state index contributed by atoms with van der Waals surface area (Å²) in [7, 11) is 0. The molecule has 23 heavy (non-hydrogen) atoms. The fourth-order valence-corrected chi connectivity index (χ4v) is 5.05. The highest BCUT2D eigenvalue weighted by Crippen LogP contribution is 2.41. The largest absolute Gasteiger partial charge is 0.481 e. The number of carboxylic acids is 1. The second-order valence-electron chi connectivity index (χ2n) is 6.48. The van der Waals surface area contributed by atoms with Crippen LogP contribution in [0.4, 0.5) is 5.82 Å². The average molecular weight is 331 g/mol. The maximum Gasteiger partial charge on any atom is 0.308 e. The van der Waals surface area contributed by atoms with Crippen molar-refractivity contribution < 1.29 is 9.90 Å². The number of hydrogen-bond donors (Lipinski definition) is 1. The Labute approximate surface area is 139 Å². The van der Waals surface area contributed by atoms with Gasteiger partial charge in [0.2, 0.25) is 0 Å². The van der Waals surface area contributed by atoms with Crippen LogP contribution in [0.5, 0.6) is 0 Å². The molecule has 0 saturated carbocycles. The summed E-state index contributed by atoms with van der Waals surface area (Å²) in [6, 6.07) is 0. The molecule has 0 spiro atoms. The smallest absolute Gasteiger partial charge is 0.308 e. The summed E-state index contributed by atoms with van der Waals surface area (Å²) < 4.78 is 0. The fraction of sp³-hybridized carbons (Fsp3) is 0.588. The lowest BCUT2D eigenvalue weighted by Gasteiger charge is -2.32. The summed E-state index contributed by atoms with van der Waals surface area (Å²) in [4.78, 5) is 25.7. The molecular weight excluding hydrogens is 310 g/mol. The van der Waals surface area contributed by atoms with Crippen molar-refractivity contribution in [1.29, 1.82) is 0 Å². The van der Waals surface area contributed by atoms with Gasteiger partial charge in [0.15, 0.2) is 0 Å². The third-order valence-corrected chi connectivity index (χ3v) is 6.16. The molecule has 0 radical (unpaired) electrons. The van der Waals surface area contributed by atoms with E-state index < -0.39 is 5.97 Å². The predicted octanol–water partition coefficient (Wildman–Crippen LogP) is 3.04. The van der Waals surface area contributed by atoms with Crippen LogP contribution in [0.25, 0.3) is 10.2 Å². The van der Waals surface area contributed by atoms with E-state index in [0.29, 0.717) is 6.54 Å². The van der Waals surface area contributed by atoms with E-state index in [4.69, 9.17) is 9.97 Å². The van der Waals surface area contributed by atoms with Crippen molar-refractivity contribution in [3.05, 3.63) is 16.3 Å². The number of aromatic nitrogens is 2. The SMILES string of the molecule is CCc1nc(N2CCCC(C(=O)O)C2)c2c3c(sc2n1)CCC3. The minimum absolute atomic E-state index is 0.287. The molecule has 0 aromatic carbocycles. The van der Waals surface area contributed by atoms with E-state index in [0.717, 1.165) is 55.1 Å². The number of rotatable bonds is 3. The number of hydrogen-bond acceptors (Lipinski definition) is 5. The zero-order valence-electron chi connectivity index (χ0n) is 13.3. The quantitative estimate of drug-likeness (QED) is 0.936. The van der Waals surface area contributed by atoms with Crippen molar-refractivity contribution in [2.45, 2.75) is 45.4 Å². The molecule has 0 bridgehead atoms. The number of aryl methyl sites for hydroxylation is 3. The molecule has 2 aromatic rings. The molecule has 1 atom stereocenters. The number of anilines is 1. The molecular formula is C17H21N3O2S. The van der Waals surface area contributed by atoms with Gasteiger partial charge in [-0.15, -0.1) is 11.3 Å². The molecule has 3 heterocycles. The lowest BCUT2D eigenvalue weighted by atomic mass is 9.98. The molecule has 1 aliphatic heterocycles. The normalized spacial score (nSPS) is 20.9. The Morgan fingerprint density at radius 1 is 1.35 bits per heavy atom. The third-order valence-electron chi connectivity index (χ3n) is 4.98. The van der Waals surface area contributed by atoms with Crippen LogP contribution in [0.2, 0.25) is 0 Å². The van der Waals surface area contributed by atoms with Crippen molar-refractivity contribution in [3.63, 3.8) is 0 Å². The van der Waals surface area contributed by atoms with Gasteiger partial charge in [0.1, 0.15) is 16.5 Å². The molecule has 1 saturated heterocycles. The molecule has 1 unspecified atom stereocenters. The first-order chi connectivity index (χ1) is 11.2. The summed E-state index contributed by atoms with van der Waals surface area (Å²) in [5.74, 6) is 0.874. The van der Waals surface area contributed by atoms with Crippen LogP contribution in [0.3, 0.4) is 0 Å². The van der Waals surface area contributed by atoms with E-state index in [1.807, 2.05) is 11.3 Å². The van der Waals surface area contributed by atoms with E-state index in [-0.39, 0.29) is 5.92 Å². The number of thiophene rings is 1. The van der Waals surface area contributed by atoms with Gasteiger partial charge in [-0.2, -0.15) is 0 Å². The Bertz CT molecular complexity index is 771. The van der Waals surface area contributed by atoms with E-state index in [2.05, 4.69) is 11.8 Å². The molecule has 1 aliphatic carbocycles. The van der Waals surface area contributed by atoms with Gasteiger partial charge < -0.3 is 10.0 Å². The number of carbonyl (C=O) groups is 1. The maximum absolute atomic E-state index is 11.4. The van der Waals surface area contributed by atoms with Crippen molar-refractivity contribution >= 4 is 33.3 Å². The van der Waals surface area contributed by atoms with Crippen molar-refractivity contribution in [2.75, 3.05) is 18.0 Å². The predicted molar refractivity (Wildman–Crippen MR) is 91.4 cm³/mol. The van der Waals surface area contributed by atoms with Gasteiger partial charge in [-0.25, -0.2) is 9.97 Å². The summed E-state index contributed by atoms with van der Waals surface area (Å²) in [6.45, 7) is 3.53. The molecule has 2 aromatic heterocycles. The van der Waals surface area contributed by atoms with E-state index in [1.165, 1.54) is 22.2 Å². The van der Waals surface area contributed by atoms with Crippen molar-refractivity contribution in [2.24, 2.45) is 5.92 Å². The maximum atomic E-state index is 11.4. The van der Waals surface area contributed by atoms with E-state index >= 15 is 0 Å². The highest BCUT2D eigenvalue weighted by atomic mass is 32.1. The first kappa shape index (κ1) is 14.9. The van der Waals surface area contributed by atoms with Gasteiger partial charge in [0.05, 0.1) is 11.3 Å². The fourth-order valence-electron chi connectivity index (χ4n) is 3.78. The minimum atomic E-state index is -0.689. The second-order valence-corrected chi connectivity index (χ2v) is 7.56. The van der Waals surface area contributed by atoms with Gasteiger partial charge in [-0.1, -0.05) is 6.92 Å². The molecule has 2 aliphatic rings. The lowest BCUT2D eigenvalue weighted by Crippen LogP contribution is -2.39. The van der Waals surface area contributed by atoms with Crippen molar-refractivity contribution in [1.82, 2.24) is 9.97 Å². The van der Waals surface area contributed by atoms with Gasteiger partial charge in [0.25, 0.3) is 0 Å². The number of aliphatic carboxylic acids is 1. The lowest BCUT2D eigenvalue weighted by molar-refractivity contribution is -0.141. The number of fused-ring (bicyclic) bond motifs is 3. The standard InChI is InChI=1S/C17H21N3O2S/c1-2-13-18-15(20-8-4-5-10(9-20)17(21)22)14-11-6-3-7-12(11)23-16(14)19-13/h10H,2-9H2,1H3,(H,21,22). The van der Waals surface area contributed by atoms with Gasteiger partial charge >= 0.3 is 5.97 Å². The Morgan fingerprint density at radius 3 is 3.00 bits per heavy atom. The highest BCUT2D eigenvalue weighted by Gasteiger charge is 2.30. The highest BCUT2D eigenvalue weighted by molar-refractivity contribution is 7.19. The Morgan fingerprint density at radius 2 is 2.22 bits per heavy atom. The Hall–Kier alpha value is -1.69. The molecule has 1 fully saturated rings. The van der Waals surface area contributed by atoms with Crippen LogP contribution in [0.15, 0.2) is 0 Å². The number of nitrogens with zero attached hydrogens (tertiary/aromatic N) is 3. The monoisotopic (exact) mass is 331 g/mol. The zero-order chi connectivity index (χ0) is 16.0. The minimum Gasteiger partial charge on any atom is -0.481 e. The molecule has 122 valence electrons. The Balaban J connectivity index is 1.82. The third kappa shape index (κ3) is 2.49. The van der Waals surface area contributed by atoms with Crippen LogP contribution in [-0.4, -0.2) is 34.1 Å². The summed E-state index contributed by atoms with van der Waals surface area (Å²) in [6.07, 6.45) is 5.95. The van der Waals surface area contributed by atoms with E-state index in [1.54, 1.807) is 0 Å². The van der Waals surface area contributed by atoms with Gasteiger partial charge in [-0.05, 0) is 37.7 Å². The number of carboxylic acid groups (broad SMARTS) is 1. The summed E-state index contributed by atoms with van der Waals surface area (Å²) in [5.41, 5.74) is 1.42. The first-order valence-electron chi connectivity index (χ1n) is 8.46. The van der Waals surface area contributed by atoms with Crippen molar-refractivity contribution in [3.8, 4) is 0 Å². The van der Waals surface area contributed by atoms with Gasteiger partial charge in [0, 0.05) is 24.4 Å². The van der Waals surface area contributed by atoms with Crippen LogP contribution in [-0.2, 0) is 24.1 Å². The zero-order valence-corrected chi connectivity index (χ0v) is 14.2. The summed E-state index contributed by atoms with van der Waals surface area (Å²) in [5, 5.41) is 10.6. The molecule has 6 heteroatoms.